The average Bonchev–Trinajstić information content (AvgIpc) is 2.20. The second kappa shape index (κ2) is 8.37. The Hall–Kier alpha value is -1.10. The van der Waals surface area contributed by atoms with Crippen LogP contribution in [0.4, 0.5) is 0 Å². The minimum atomic E-state index is -0.569. The quantitative estimate of drug-likeness (QED) is 0.428. The van der Waals surface area contributed by atoms with Gasteiger partial charge in [-0.3, -0.25) is 14.6 Å². The van der Waals surface area contributed by atoms with Crippen LogP contribution in [-0.4, -0.2) is 41.3 Å². The number of rotatable bonds is 6. The van der Waals surface area contributed by atoms with E-state index in [1.807, 2.05) is 0 Å². The Morgan fingerprint density at radius 2 is 1.29 bits per heavy atom. The third-order valence-electron chi connectivity index (χ3n) is 1.96. The summed E-state index contributed by atoms with van der Waals surface area (Å²) < 4.78 is 10.5. The highest BCUT2D eigenvalue weighted by Gasteiger charge is 2.22. The molecule has 0 aliphatic heterocycles. The summed E-state index contributed by atoms with van der Waals surface area (Å²) in [5.74, 6) is -0.509. The fourth-order valence-electron chi connectivity index (χ4n) is 1.46. The van der Waals surface area contributed by atoms with Gasteiger partial charge in [-0.15, -0.1) is 11.6 Å². The molecule has 0 spiro atoms. The molecule has 0 fully saturated rings. The highest BCUT2D eigenvalue weighted by molar-refractivity contribution is 6.18. The lowest BCUT2D eigenvalue weighted by atomic mass is 10.1. The van der Waals surface area contributed by atoms with Crippen molar-refractivity contribution in [1.82, 2.24) is 0 Å². The number of carbonyl (C=O) groups is 2. The van der Waals surface area contributed by atoms with Crippen LogP contribution in [0.15, 0.2) is 4.99 Å². The van der Waals surface area contributed by atoms with Crippen LogP contribution >= 0.6 is 11.6 Å². The van der Waals surface area contributed by atoms with Gasteiger partial charge in [0.2, 0.25) is 0 Å². The third-order valence-corrected chi connectivity index (χ3v) is 2.13. The van der Waals surface area contributed by atoms with Crippen molar-refractivity contribution < 1.29 is 19.1 Å². The van der Waals surface area contributed by atoms with Gasteiger partial charge >= 0.3 is 11.9 Å². The van der Waals surface area contributed by atoms with Gasteiger partial charge in [0.25, 0.3) is 0 Å². The Kier molecular flexibility index (Phi) is 7.93. The van der Waals surface area contributed by atoms with Gasteiger partial charge in [0.05, 0.1) is 19.4 Å². The summed E-state index contributed by atoms with van der Waals surface area (Å²) in [6.45, 7) is 11.1. The summed E-state index contributed by atoms with van der Waals surface area (Å²) in [6, 6.07) is 0. The molecular formula is C15H26ClNO4. The number of hydrogen-bond donors (Lipinski definition) is 0. The zero-order chi connectivity index (χ0) is 16.7. The van der Waals surface area contributed by atoms with Crippen molar-refractivity contribution in [2.24, 2.45) is 4.99 Å². The molecule has 0 saturated carbocycles. The van der Waals surface area contributed by atoms with E-state index in [2.05, 4.69) is 4.99 Å². The predicted molar refractivity (Wildman–Crippen MR) is 83.9 cm³/mol. The third kappa shape index (κ3) is 12.4. The minimum Gasteiger partial charge on any atom is -0.460 e. The number of nitrogens with zero attached hydrogens (tertiary/aromatic N) is 1. The largest absolute Gasteiger partial charge is 0.460 e. The zero-order valence-corrected chi connectivity index (χ0v) is 14.5. The highest BCUT2D eigenvalue weighted by atomic mass is 35.5. The highest BCUT2D eigenvalue weighted by Crippen LogP contribution is 2.12. The first kappa shape index (κ1) is 19.9. The zero-order valence-electron chi connectivity index (χ0n) is 13.8. The van der Waals surface area contributed by atoms with Gasteiger partial charge in [-0.1, -0.05) is 0 Å². The number of ether oxygens (including phenoxy) is 2. The standard InChI is InChI=1S/C15H26ClNO4/c1-14(2,3)20-12(18)9-11(17-8-7-16)10-13(19)21-15(4,5)6/h7-10H2,1-6H3. The first-order valence-corrected chi connectivity index (χ1v) is 7.48. The van der Waals surface area contributed by atoms with E-state index in [-0.39, 0.29) is 12.8 Å². The molecule has 0 bridgehead atoms. The molecule has 0 aliphatic rings. The lowest BCUT2D eigenvalue weighted by molar-refractivity contribution is -0.153. The molecule has 21 heavy (non-hydrogen) atoms. The number of aliphatic imine (C=N–C) groups is 1. The van der Waals surface area contributed by atoms with Crippen molar-refractivity contribution in [1.29, 1.82) is 0 Å². The van der Waals surface area contributed by atoms with Crippen LogP contribution in [0.3, 0.4) is 0 Å². The van der Waals surface area contributed by atoms with Gasteiger partial charge in [-0.05, 0) is 41.5 Å². The first-order valence-electron chi connectivity index (χ1n) is 6.95. The molecule has 0 rings (SSSR count). The van der Waals surface area contributed by atoms with Gasteiger partial charge in [0.1, 0.15) is 11.2 Å². The normalized spacial score (nSPS) is 11.8. The molecule has 0 aromatic heterocycles. The molecule has 0 unspecified atom stereocenters. The number of hydrogen-bond acceptors (Lipinski definition) is 5. The van der Waals surface area contributed by atoms with Gasteiger partial charge in [0, 0.05) is 11.6 Å². The second-order valence-corrected chi connectivity index (χ2v) is 7.04. The van der Waals surface area contributed by atoms with E-state index in [0.717, 1.165) is 0 Å². The van der Waals surface area contributed by atoms with Gasteiger partial charge in [0.15, 0.2) is 0 Å². The van der Waals surface area contributed by atoms with Crippen molar-refractivity contribution in [2.45, 2.75) is 65.6 Å². The fourth-order valence-corrected chi connectivity index (χ4v) is 1.55. The number of halogens is 1. The molecule has 5 nitrogen and oxygen atoms in total. The topological polar surface area (TPSA) is 65.0 Å². The van der Waals surface area contributed by atoms with Gasteiger partial charge < -0.3 is 9.47 Å². The number of carbonyl (C=O) groups excluding carboxylic acids is 2. The molecule has 0 N–H and O–H groups in total. The summed E-state index contributed by atoms with van der Waals surface area (Å²) in [5, 5.41) is 0. The summed E-state index contributed by atoms with van der Waals surface area (Å²) in [5.41, 5.74) is -0.708. The maximum atomic E-state index is 11.8. The van der Waals surface area contributed by atoms with E-state index in [9.17, 15) is 9.59 Å². The van der Waals surface area contributed by atoms with Crippen LogP contribution in [0.2, 0.25) is 0 Å². The summed E-state index contributed by atoms with van der Waals surface area (Å²) in [7, 11) is 0. The van der Waals surface area contributed by atoms with Crippen molar-refractivity contribution in [3.8, 4) is 0 Å². The van der Waals surface area contributed by atoms with E-state index in [4.69, 9.17) is 21.1 Å². The molecule has 0 heterocycles. The van der Waals surface area contributed by atoms with Crippen LogP contribution in [-0.2, 0) is 19.1 Å². The maximum absolute atomic E-state index is 11.8. The van der Waals surface area contributed by atoms with E-state index in [1.54, 1.807) is 41.5 Å². The van der Waals surface area contributed by atoms with Crippen molar-refractivity contribution in [3.05, 3.63) is 0 Å². The van der Waals surface area contributed by atoms with Crippen molar-refractivity contribution in [3.63, 3.8) is 0 Å². The minimum absolute atomic E-state index is 0.0343. The van der Waals surface area contributed by atoms with E-state index in [1.165, 1.54) is 0 Å². The van der Waals surface area contributed by atoms with Gasteiger partial charge in [-0.25, -0.2) is 0 Å². The molecule has 0 amide bonds. The number of esters is 2. The van der Waals surface area contributed by atoms with Crippen LogP contribution in [0, 0.1) is 0 Å². The average molecular weight is 320 g/mol. The lowest BCUT2D eigenvalue weighted by Gasteiger charge is -2.21. The summed E-state index contributed by atoms with van der Waals surface area (Å²) in [4.78, 5) is 27.8. The molecule has 122 valence electrons. The Labute approximate surface area is 132 Å². The van der Waals surface area contributed by atoms with E-state index in [0.29, 0.717) is 18.1 Å². The SMILES string of the molecule is CC(C)(C)OC(=O)CC(CC(=O)OC(C)(C)C)=NCCCl. The van der Waals surface area contributed by atoms with Crippen molar-refractivity contribution >= 4 is 29.3 Å². The summed E-state index contributed by atoms with van der Waals surface area (Å²) >= 11 is 5.59. The second-order valence-electron chi connectivity index (χ2n) is 6.66. The lowest BCUT2D eigenvalue weighted by Crippen LogP contribution is -2.28. The monoisotopic (exact) mass is 319 g/mol. The Morgan fingerprint density at radius 1 is 0.905 bits per heavy atom. The van der Waals surface area contributed by atoms with E-state index < -0.39 is 23.1 Å². The molecule has 0 saturated heterocycles. The molecule has 0 atom stereocenters. The van der Waals surface area contributed by atoms with Gasteiger partial charge in [-0.2, -0.15) is 0 Å². The Morgan fingerprint density at radius 3 is 1.57 bits per heavy atom. The summed E-state index contributed by atoms with van der Waals surface area (Å²) in [6.07, 6.45) is -0.0686. The molecule has 0 aliphatic carbocycles. The van der Waals surface area contributed by atoms with Crippen LogP contribution in [0.25, 0.3) is 0 Å². The Balaban J connectivity index is 4.68. The van der Waals surface area contributed by atoms with E-state index >= 15 is 0 Å². The molecule has 6 heteroatoms. The van der Waals surface area contributed by atoms with Crippen molar-refractivity contribution in [2.75, 3.05) is 12.4 Å². The molecule has 0 aromatic carbocycles. The maximum Gasteiger partial charge on any atom is 0.312 e. The Bertz CT molecular complexity index is 359. The van der Waals surface area contributed by atoms with Crippen LogP contribution < -0.4 is 0 Å². The molecule has 0 radical (unpaired) electrons. The number of alkyl halides is 1. The fraction of sp³-hybridized carbons (Fsp3) is 0.800. The van der Waals surface area contributed by atoms with Crippen LogP contribution in [0.1, 0.15) is 54.4 Å². The first-order chi connectivity index (χ1) is 9.43. The smallest absolute Gasteiger partial charge is 0.312 e. The van der Waals surface area contributed by atoms with Crippen LogP contribution in [0.5, 0.6) is 0 Å². The predicted octanol–water partition coefficient (Wildman–Crippen LogP) is 3.13. The molecular weight excluding hydrogens is 294 g/mol. The molecule has 0 aromatic rings.